The highest BCUT2D eigenvalue weighted by Crippen LogP contribution is 2.35. The molecule has 1 amide bonds. The average molecular weight is 469 g/mol. The first-order valence-electron chi connectivity index (χ1n) is 9.59. The largest absolute Gasteiger partial charge is 0.573 e. The lowest BCUT2D eigenvalue weighted by molar-refractivity contribution is -0.274. The van der Waals surface area contributed by atoms with Crippen molar-refractivity contribution in [2.75, 3.05) is 0 Å². The summed E-state index contributed by atoms with van der Waals surface area (Å²) < 4.78 is 42.3. The number of benzene rings is 2. The van der Waals surface area contributed by atoms with Crippen molar-refractivity contribution in [2.24, 2.45) is 0 Å². The normalized spacial score (nSPS) is 11.8. The van der Waals surface area contributed by atoms with E-state index < -0.39 is 18.0 Å². The van der Waals surface area contributed by atoms with Crippen molar-refractivity contribution in [2.45, 2.75) is 39.6 Å². The molecule has 2 aromatic carbocycles. The van der Waals surface area contributed by atoms with E-state index in [1.54, 1.807) is 6.92 Å². The highest BCUT2D eigenvalue weighted by atomic mass is 35.5. The molecule has 0 unspecified atom stereocenters. The zero-order valence-corrected chi connectivity index (χ0v) is 18.1. The Morgan fingerprint density at radius 3 is 2.38 bits per heavy atom. The number of nitrogens with one attached hydrogen (secondary N) is 1. The second kappa shape index (κ2) is 8.74. The van der Waals surface area contributed by atoms with Crippen LogP contribution in [0.5, 0.6) is 11.5 Å². The van der Waals surface area contributed by atoms with Crippen molar-refractivity contribution < 1.29 is 32.6 Å². The fourth-order valence-electron chi connectivity index (χ4n) is 3.44. The van der Waals surface area contributed by atoms with Crippen LogP contribution in [-0.4, -0.2) is 33.9 Å². The summed E-state index contributed by atoms with van der Waals surface area (Å²) in [6, 6.07) is 7.20. The second-order valence-corrected chi connectivity index (χ2v) is 7.90. The number of phenols is 1. The van der Waals surface area contributed by atoms with Crippen molar-refractivity contribution in [3.63, 3.8) is 0 Å². The van der Waals surface area contributed by atoms with E-state index in [-0.39, 0.29) is 34.7 Å². The number of carbonyl (C=O) groups excluding carboxylic acids is 2. The van der Waals surface area contributed by atoms with Gasteiger partial charge in [-0.1, -0.05) is 11.6 Å². The number of amides is 1. The molecule has 0 saturated heterocycles. The lowest BCUT2D eigenvalue weighted by Crippen LogP contribution is -2.31. The molecule has 0 saturated carbocycles. The first kappa shape index (κ1) is 23.5. The van der Waals surface area contributed by atoms with E-state index in [1.807, 2.05) is 13.8 Å². The highest BCUT2D eigenvalue weighted by Gasteiger charge is 2.31. The maximum atomic E-state index is 13.2. The number of halogens is 4. The number of aromatic nitrogens is 1. The van der Waals surface area contributed by atoms with Crippen LogP contribution in [-0.2, 0) is 11.2 Å². The number of nitrogens with zero attached hydrogens (tertiary/aromatic N) is 1. The van der Waals surface area contributed by atoms with Crippen molar-refractivity contribution >= 4 is 34.3 Å². The van der Waals surface area contributed by atoms with Gasteiger partial charge in [-0.2, -0.15) is 0 Å². The topological polar surface area (TPSA) is 80.6 Å². The average Bonchev–Trinajstić information content (AvgIpc) is 2.91. The smallest absolute Gasteiger partial charge is 0.506 e. The summed E-state index contributed by atoms with van der Waals surface area (Å²) in [7, 11) is 0. The molecule has 10 heteroatoms. The zero-order chi connectivity index (χ0) is 23.8. The van der Waals surface area contributed by atoms with Gasteiger partial charge in [0, 0.05) is 22.7 Å². The van der Waals surface area contributed by atoms with Gasteiger partial charge in [0.15, 0.2) is 0 Å². The van der Waals surface area contributed by atoms with Gasteiger partial charge in [-0.25, -0.2) is 0 Å². The number of fused-ring (bicyclic) bond motifs is 1. The molecular formula is C22H20ClF3N2O4. The quantitative estimate of drug-likeness (QED) is 0.554. The van der Waals surface area contributed by atoms with E-state index in [4.69, 9.17) is 11.6 Å². The Hall–Kier alpha value is -3.20. The summed E-state index contributed by atoms with van der Waals surface area (Å²) in [6.45, 7) is 5.27. The molecule has 0 fully saturated rings. The number of aromatic hydroxyl groups is 1. The fourth-order valence-corrected chi connectivity index (χ4v) is 3.59. The molecule has 0 atom stereocenters. The minimum Gasteiger partial charge on any atom is -0.506 e. The third-order valence-corrected chi connectivity index (χ3v) is 5.03. The van der Waals surface area contributed by atoms with Crippen LogP contribution in [0.4, 0.5) is 13.2 Å². The summed E-state index contributed by atoms with van der Waals surface area (Å²) in [5.41, 5.74) is 1.43. The molecule has 2 N–H and O–H groups in total. The summed E-state index contributed by atoms with van der Waals surface area (Å²) >= 11 is 6.05. The van der Waals surface area contributed by atoms with Gasteiger partial charge in [0.2, 0.25) is 5.91 Å². The monoisotopic (exact) mass is 468 g/mol. The van der Waals surface area contributed by atoms with Crippen LogP contribution < -0.4 is 10.1 Å². The molecule has 1 aromatic heterocycles. The number of phenolic OH excluding ortho intramolecular Hbond substituents is 1. The maximum absolute atomic E-state index is 13.2. The van der Waals surface area contributed by atoms with Crippen LogP contribution in [0.1, 0.15) is 35.5 Å². The molecule has 3 rings (SSSR count). The summed E-state index contributed by atoms with van der Waals surface area (Å²) in [4.78, 5) is 25.6. The van der Waals surface area contributed by atoms with E-state index in [1.165, 1.54) is 28.8 Å². The second-order valence-electron chi connectivity index (χ2n) is 7.50. The van der Waals surface area contributed by atoms with Crippen molar-refractivity contribution in [3.8, 4) is 11.5 Å². The maximum Gasteiger partial charge on any atom is 0.573 e. The Morgan fingerprint density at radius 1 is 1.19 bits per heavy atom. The third kappa shape index (κ3) is 4.99. The van der Waals surface area contributed by atoms with Crippen LogP contribution in [0.3, 0.4) is 0 Å². The molecular weight excluding hydrogens is 449 g/mol. The molecule has 0 aliphatic carbocycles. The predicted molar refractivity (Wildman–Crippen MR) is 113 cm³/mol. The van der Waals surface area contributed by atoms with Crippen LogP contribution in [0.2, 0.25) is 5.02 Å². The van der Waals surface area contributed by atoms with Gasteiger partial charge in [-0.3, -0.25) is 14.2 Å². The molecule has 6 nitrogen and oxygen atoms in total. The number of rotatable bonds is 5. The molecule has 170 valence electrons. The van der Waals surface area contributed by atoms with Gasteiger partial charge in [-0.05, 0) is 62.7 Å². The van der Waals surface area contributed by atoms with Crippen molar-refractivity contribution in [1.29, 1.82) is 0 Å². The predicted octanol–water partition coefficient (Wildman–Crippen LogP) is 4.96. The van der Waals surface area contributed by atoms with E-state index in [9.17, 15) is 27.9 Å². The standard InChI is InChI=1S/C22H20ClF3N2O4/c1-11(2)27-20(30)9-15-12(3)28(18-10-17(23)19(29)8-16(15)18)21(31)13-4-6-14(7-5-13)32-22(24,25)26/h4-8,10-11,29H,9H2,1-3H3,(H,27,30). The Bertz CT molecular complexity index is 1180. The molecule has 1 heterocycles. The highest BCUT2D eigenvalue weighted by molar-refractivity contribution is 6.33. The number of hydrogen-bond acceptors (Lipinski definition) is 4. The van der Waals surface area contributed by atoms with Gasteiger partial charge in [-0.15, -0.1) is 13.2 Å². The van der Waals surface area contributed by atoms with E-state index in [2.05, 4.69) is 10.1 Å². The molecule has 0 aliphatic rings. The Kier molecular flexibility index (Phi) is 6.41. The lowest BCUT2D eigenvalue weighted by Gasteiger charge is -2.11. The number of ether oxygens (including phenoxy) is 1. The van der Waals surface area contributed by atoms with Crippen molar-refractivity contribution in [1.82, 2.24) is 9.88 Å². The van der Waals surface area contributed by atoms with Gasteiger partial charge < -0.3 is 15.2 Å². The van der Waals surface area contributed by atoms with Gasteiger partial charge in [0.05, 0.1) is 17.0 Å². The van der Waals surface area contributed by atoms with E-state index in [0.29, 0.717) is 22.2 Å². The van der Waals surface area contributed by atoms with E-state index >= 15 is 0 Å². The first-order chi connectivity index (χ1) is 14.9. The Labute approximate surface area is 186 Å². The van der Waals surface area contributed by atoms with Crippen molar-refractivity contribution in [3.05, 3.63) is 58.2 Å². The van der Waals surface area contributed by atoms with Gasteiger partial charge in [0.25, 0.3) is 5.91 Å². The molecule has 32 heavy (non-hydrogen) atoms. The molecule has 0 spiro atoms. The van der Waals surface area contributed by atoms with Gasteiger partial charge >= 0.3 is 6.36 Å². The SMILES string of the molecule is Cc1c(CC(=O)NC(C)C)c2cc(O)c(Cl)cc2n1C(=O)c1ccc(OC(F)(F)F)cc1. The van der Waals surface area contributed by atoms with Crippen LogP contribution in [0.15, 0.2) is 36.4 Å². The molecule has 0 bridgehead atoms. The minimum atomic E-state index is -4.84. The van der Waals surface area contributed by atoms with Crippen LogP contribution in [0, 0.1) is 6.92 Å². The number of hydrogen-bond donors (Lipinski definition) is 2. The fraction of sp³-hybridized carbons (Fsp3) is 0.273. The Balaban J connectivity index is 2.07. The third-order valence-electron chi connectivity index (χ3n) is 4.73. The zero-order valence-electron chi connectivity index (χ0n) is 17.4. The number of alkyl halides is 3. The summed E-state index contributed by atoms with van der Waals surface area (Å²) in [5, 5.41) is 13.3. The summed E-state index contributed by atoms with van der Waals surface area (Å²) in [5.74, 6) is -1.47. The van der Waals surface area contributed by atoms with Gasteiger partial charge in [0.1, 0.15) is 11.5 Å². The molecule has 0 radical (unpaired) electrons. The minimum absolute atomic E-state index is 0.0103. The Morgan fingerprint density at radius 2 is 1.81 bits per heavy atom. The summed E-state index contributed by atoms with van der Waals surface area (Å²) in [6.07, 6.45) is -4.89. The number of carbonyl (C=O) groups is 2. The molecule has 0 aliphatic heterocycles. The van der Waals surface area contributed by atoms with E-state index in [0.717, 1.165) is 12.1 Å². The lowest BCUT2D eigenvalue weighted by atomic mass is 10.1. The first-order valence-corrected chi connectivity index (χ1v) is 9.97. The molecule has 3 aromatic rings. The van der Waals surface area contributed by atoms with Crippen LogP contribution >= 0.6 is 11.6 Å². The van der Waals surface area contributed by atoms with Crippen LogP contribution in [0.25, 0.3) is 10.9 Å².